The summed E-state index contributed by atoms with van der Waals surface area (Å²) in [5.41, 5.74) is 2.07. The first-order valence-corrected chi connectivity index (χ1v) is 6.59. The summed E-state index contributed by atoms with van der Waals surface area (Å²) in [6.07, 6.45) is 8.95. The van der Waals surface area contributed by atoms with E-state index >= 15 is 0 Å². The van der Waals surface area contributed by atoms with Gasteiger partial charge < -0.3 is 0 Å². The van der Waals surface area contributed by atoms with E-state index < -0.39 is 0 Å². The summed E-state index contributed by atoms with van der Waals surface area (Å²) >= 11 is 0. The van der Waals surface area contributed by atoms with Crippen LogP contribution in [0.3, 0.4) is 0 Å². The Bertz CT molecular complexity index is 184. The molecule has 0 heterocycles. The van der Waals surface area contributed by atoms with E-state index in [0.29, 0.717) is 5.41 Å². The van der Waals surface area contributed by atoms with Gasteiger partial charge in [0.1, 0.15) is 0 Å². The molecule has 0 aromatic heterocycles. The van der Waals surface area contributed by atoms with Gasteiger partial charge in [-0.15, -0.1) is 0 Å². The molecule has 0 heteroatoms. The van der Waals surface area contributed by atoms with Gasteiger partial charge in [0, 0.05) is 0 Å². The van der Waals surface area contributed by atoms with E-state index in [4.69, 9.17) is 0 Å². The minimum atomic E-state index is 0.411. The molecule has 0 radical (unpaired) electrons. The average Bonchev–Trinajstić information content (AvgIpc) is 2.16. The number of rotatable bonds is 7. The molecule has 0 rings (SSSR count). The molecule has 0 aromatic rings. The highest BCUT2D eigenvalue weighted by molar-refractivity contribution is 5.11. The third-order valence-electron chi connectivity index (χ3n) is 3.36. The molecule has 0 saturated heterocycles. The van der Waals surface area contributed by atoms with Crippen molar-refractivity contribution in [3.8, 4) is 0 Å². The lowest BCUT2D eigenvalue weighted by molar-refractivity contribution is 0.350. The highest BCUT2D eigenvalue weighted by atomic mass is 14.3. The van der Waals surface area contributed by atoms with Crippen LogP contribution in [0.15, 0.2) is 11.6 Å². The van der Waals surface area contributed by atoms with Gasteiger partial charge in [0.15, 0.2) is 0 Å². The van der Waals surface area contributed by atoms with Crippen LogP contribution in [0.2, 0.25) is 0 Å². The second-order valence-corrected chi connectivity index (χ2v) is 5.73. The number of allylic oxidation sites excluding steroid dienone is 2. The second-order valence-electron chi connectivity index (χ2n) is 5.73. The zero-order chi connectivity index (χ0) is 11.9. The summed E-state index contributed by atoms with van der Waals surface area (Å²) in [4.78, 5) is 0. The van der Waals surface area contributed by atoms with E-state index in [-0.39, 0.29) is 0 Å². The van der Waals surface area contributed by atoms with Crippen LogP contribution < -0.4 is 0 Å². The molecular formula is C15H30. The van der Waals surface area contributed by atoms with E-state index in [9.17, 15) is 0 Å². The quantitative estimate of drug-likeness (QED) is 0.481. The van der Waals surface area contributed by atoms with Crippen molar-refractivity contribution in [2.75, 3.05) is 0 Å². The molecule has 0 bridgehead atoms. The zero-order valence-electron chi connectivity index (χ0n) is 11.7. The molecule has 0 saturated carbocycles. The molecule has 0 fully saturated rings. The molecule has 0 aliphatic heterocycles. The summed E-state index contributed by atoms with van der Waals surface area (Å²) in [5, 5.41) is 0. The molecule has 0 N–H and O–H groups in total. The van der Waals surface area contributed by atoms with Crippen LogP contribution in [0.1, 0.15) is 73.6 Å². The normalized spacial score (nSPS) is 13.7. The topological polar surface area (TPSA) is 0 Å². The Morgan fingerprint density at radius 3 is 2.27 bits per heavy atom. The van der Waals surface area contributed by atoms with Crippen molar-refractivity contribution in [2.45, 2.75) is 73.6 Å². The lowest BCUT2D eigenvalue weighted by Crippen LogP contribution is -2.16. The van der Waals surface area contributed by atoms with Gasteiger partial charge in [-0.3, -0.25) is 0 Å². The van der Waals surface area contributed by atoms with Crippen molar-refractivity contribution in [3.05, 3.63) is 11.6 Å². The number of unbranched alkanes of at least 4 members (excludes halogenated alkanes) is 1. The van der Waals surface area contributed by atoms with Crippen LogP contribution in [0.5, 0.6) is 0 Å². The number of hydrogen-bond acceptors (Lipinski definition) is 0. The minimum absolute atomic E-state index is 0.411. The maximum absolute atomic E-state index is 2.40. The van der Waals surface area contributed by atoms with Gasteiger partial charge in [-0.25, -0.2) is 0 Å². The molecule has 0 spiro atoms. The second kappa shape index (κ2) is 7.09. The fourth-order valence-electron chi connectivity index (χ4n) is 2.05. The Kier molecular flexibility index (Phi) is 6.96. The average molecular weight is 210 g/mol. The van der Waals surface area contributed by atoms with Gasteiger partial charge in [-0.1, -0.05) is 59.1 Å². The standard InChI is InChI=1S/C15H30/c1-7-9-10-14(8-2)15(5,6)12-11-13(3)4/h8,13H,7,9-12H2,1-6H3. The van der Waals surface area contributed by atoms with E-state index in [0.717, 1.165) is 5.92 Å². The van der Waals surface area contributed by atoms with Crippen LogP contribution in [-0.4, -0.2) is 0 Å². The van der Waals surface area contributed by atoms with Crippen LogP contribution >= 0.6 is 0 Å². The first-order valence-electron chi connectivity index (χ1n) is 6.59. The minimum Gasteiger partial charge on any atom is -0.0879 e. The largest absolute Gasteiger partial charge is 0.0879 e. The molecule has 0 nitrogen and oxygen atoms in total. The summed E-state index contributed by atoms with van der Waals surface area (Å²) in [6.45, 7) is 13.9. The molecule has 15 heavy (non-hydrogen) atoms. The predicted octanol–water partition coefficient (Wildman–Crippen LogP) is 5.59. The van der Waals surface area contributed by atoms with E-state index in [1.54, 1.807) is 5.57 Å². The predicted molar refractivity (Wildman–Crippen MR) is 71.1 cm³/mol. The Balaban J connectivity index is 4.25. The summed E-state index contributed by atoms with van der Waals surface area (Å²) < 4.78 is 0. The Labute approximate surface area is 97.2 Å². The van der Waals surface area contributed by atoms with Crippen LogP contribution in [0, 0.1) is 11.3 Å². The van der Waals surface area contributed by atoms with Gasteiger partial charge in [-0.2, -0.15) is 0 Å². The van der Waals surface area contributed by atoms with Crippen molar-refractivity contribution in [3.63, 3.8) is 0 Å². The molecule has 0 aliphatic rings. The van der Waals surface area contributed by atoms with Crippen molar-refractivity contribution in [2.24, 2.45) is 11.3 Å². The fraction of sp³-hybridized carbons (Fsp3) is 0.867. The Morgan fingerprint density at radius 2 is 1.87 bits per heavy atom. The highest BCUT2D eigenvalue weighted by Gasteiger charge is 2.21. The first-order chi connectivity index (χ1) is 6.94. The van der Waals surface area contributed by atoms with Gasteiger partial charge in [-0.05, 0) is 37.5 Å². The SMILES string of the molecule is CC=C(CCCC)C(C)(C)CCC(C)C. The third-order valence-corrected chi connectivity index (χ3v) is 3.36. The summed E-state index contributed by atoms with van der Waals surface area (Å²) in [5.74, 6) is 0.827. The maximum Gasteiger partial charge on any atom is -0.0145 e. The van der Waals surface area contributed by atoms with E-state index in [1.165, 1.54) is 32.1 Å². The fourth-order valence-corrected chi connectivity index (χ4v) is 2.05. The molecule has 0 aliphatic carbocycles. The van der Waals surface area contributed by atoms with Crippen molar-refractivity contribution >= 4 is 0 Å². The molecular weight excluding hydrogens is 180 g/mol. The molecule has 0 unspecified atom stereocenters. The van der Waals surface area contributed by atoms with Crippen LogP contribution in [-0.2, 0) is 0 Å². The van der Waals surface area contributed by atoms with E-state index in [2.05, 4.69) is 47.6 Å². The first kappa shape index (κ1) is 14.7. The molecule has 0 atom stereocenters. The number of hydrogen-bond donors (Lipinski definition) is 0. The lowest BCUT2D eigenvalue weighted by Gasteiger charge is -2.29. The van der Waals surface area contributed by atoms with E-state index in [1.807, 2.05) is 0 Å². The van der Waals surface area contributed by atoms with Gasteiger partial charge >= 0.3 is 0 Å². The Morgan fingerprint density at radius 1 is 1.27 bits per heavy atom. The lowest BCUT2D eigenvalue weighted by atomic mass is 9.76. The maximum atomic E-state index is 2.40. The zero-order valence-corrected chi connectivity index (χ0v) is 11.7. The van der Waals surface area contributed by atoms with Crippen LogP contribution in [0.25, 0.3) is 0 Å². The monoisotopic (exact) mass is 210 g/mol. The highest BCUT2D eigenvalue weighted by Crippen LogP contribution is 2.35. The van der Waals surface area contributed by atoms with Crippen molar-refractivity contribution < 1.29 is 0 Å². The van der Waals surface area contributed by atoms with Crippen molar-refractivity contribution in [1.82, 2.24) is 0 Å². The van der Waals surface area contributed by atoms with Gasteiger partial charge in [0.05, 0.1) is 0 Å². The van der Waals surface area contributed by atoms with Crippen molar-refractivity contribution in [1.29, 1.82) is 0 Å². The molecule has 0 amide bonds. The smallest absolute Gasteiger partial charge is 0.0145 e. The van der Waals surface area contributed by atoms with Crippen LogP contribution in [0.4, 0.5) is 0 Å². The molecule has 0 aromatic carbocycles. The summed E-state index contributed by atoms with van der Waals surface area (Å²) in [6, 6.07) is 0. The molecule has 90 valence electrons. The third kappa shape index (κ3) is 6.02. The van der Waals surface area contributed by atoms with Gasteiger partial charge in [0.2, 0.25) is 0 Å². The Hall–Kier alpha value is -0.260. The summed E-state index contributed by atoms with van der Waals surface area (Å²) in [7, 11) is 0. The van der Waals surface area contributed by atoms with Gasteiger partial charge in [0.25, 0.3) is 0 Å².